The van der Waals surface area contributed by atoms with Crippen molar-refractivity contribution in [1.82, 2.24) is 15.1 Å². The summed E-state index contributed by atoms with van der Waals surface area (Å²) in [7, 11) is 1.98. The van der Waals surface area contributed by atoms with E-state index in [1.165, 1.54) is 16.8 Å². The van der Waals surface area contributed by atoms with Gasteiger partial charge in [0, 0.05) is 6.04 Å². The average Bonchev–Trinajstić information content (AvgIpc) is 2.75. The van der Waals surface area contributed by atoms with Crippen molar-refractivity contribution in [3.05, 3.63) is 51.8 Å². The first-order valence-electron chi connectivity index (χ1n) is 6.51. The topological polar surface area (TPSA) is 29.9 Å². The highest BCUT2D eigenvalue weighted by atomic mass is 79.9. The van der Waals surface area contributed by atoms with E-state index in [2.05, 4.69) is 76.1 Å². The van der Waals surface area contributed by atoms with Crippen LogP contribution in [0.4, 0.5) is 0 Å². The van der Waals surface area contributed by atoms with Crippen LogP contribution in [0.25, 0.3) is 0 Å². The fourth-order valence-corrected chi connectivity index (χ4v) is 2.75. The number of hydrogen-bond acceptors (Lipinski definition) is 2. The summed E-state index contributed by atoms with van der Waals surface area (Å²) in [6.07, 6.45) is 1.87. The maximum Gasteiger partial charge on any atom is 0.0757 e. The van der Waals surface area contributed by atoms with Gasteiger partial charge >= 0.3 is 0 Å². The Labute approximate surface area is 123 Å². The zero-order valence-corrected chi connectivity index (χ0v) is 13.4. The second-order valence-electron chi connectivity index (χ2n) is 5.05. The van der Waals surface area contributed by atoms with Crippen molar-refractivity contribution >= 4 is 15.9 Å². The van der Waals surface area contributed by atoms with Crippen LogP contribution < -0.4 is 5.32 Å². The molecule has 1 aromatic heterocycles. The van der Waals surface area contributed by atoms with E-state index < -0.39 is 0 Å². The zero-order valence-electron chi connectivity index (χ0n) is 11.8. The SMILES string of the molecule is CNC(c1ccc(C)cc1)c1c(Br)cnn1C(C)C. The maximum absolute atomic E-state index is 4.46. The van der Waals surface area contributed by atoms with Gasteiger partial charge in [0.05, 0.1) is 22.4 Å². The molecular formula is C15H20BrN3. The molecule has 19 heavy (non-hydrogen) atoms. The molecule has 2 aromatic rings. The van der Waals surface area contributed by atoms with Gasteiger partial charge in [0.15, 0.2) is 0 Å². The Morgan fingerprint density at radius 1 is 1.21 bits per heavy atom. The molecular weight excluding hydrogens is 302 g/mol. The minimum absolute atomic E-state index is 0.139. The van der Waals surface area contributed by atoms with Gasteiger partial charge in [-0.1, -0.05) is 29.8 Å². The normalized spacial score (nSPS) is 12.9. The van der Waals surface area contributed by atoms with E-state index in [4.69, 9.17) is 0 Å². The van der Waals surface area contributed by atoms with Crippen molar-refractivity contribution in [3.8, 4) is 0 Å². The Morgan fingerprint density at radius 3 is 2.37 bits per heavy atom. The van der Waals surface area contributed by atoms with Crippen LogP contribution in [0.3, 0.4) is 0 Å². The number of halogens is 1. The summed E-state index contributed by atoms with van der Waals surface area (Å²) in [5.41, 5.74) is 3.69. The van der Waals surface area contributed by atoms with Gasteiger partial charge < -0.3 is 5.32 Å². The molecule has 0 aliphatic rings. The molecule has 3 nitrogen and oxygen atoms in total. The highest BCUT2D eigenvalue weighted by molar-refractivity contribution is 9.10. The Balaban J connectivity index is 2.47. The van der Waals surface area contributed by atoms with Crippen LogP contribution in [0, 0.1) is 6.92 Å². The monoisotopic (exact) mass is 321 g/mol. The third-order valence-corrected chi connectivity index (χ3v) is 3.86. The van der Waals surface area contributed by atoms with Crippen molar-refractivity contribution in [3.63, 3.8) is 0 Å². The first kappa shape index (κ1) is 14.3. The maximum atomic E-state index is 4.46. The quantitative estimate of drug-likeness (QED) is 0.927. The van der Waals surface area contributed by atoms with Crippen molar-refractivity contribution in [2.24, 2.45) is 0 Å². The van der Waals surface area contributed by atoms with E-state index >= 15 is 0 Å². The summed E-state index contributed by atoms with van der Waals surface area (Å²) in [5, 5.41) is 7.84. The van der Waals surface area contributed by atoms with Gasteiger partial charge in [-0.15, -0.1) is 0 Å². The lowest BCUT2D eigenvalue weighted by Gasteiger charge is -2.21. The molecule has 102 valence electrons. The van der Waals surface area contributed by atoms with Crippen LogP contribution in [0.15, 0.2) is 34.9 Å². The summed E-state index contributed by atoms with van der Waals surface area (Å²) >= 11 is 3.62. The fourth-order valence-electron chi connectivity index (χ4n) is 2.25. The molecule has 0 amide bonds. The summed E-state index contributed by atoms with van der Waals surface area (Å²) in [4.78, 5) is 0. The molecule has 0 aliphatic carbocycles. The summed E-state index contributed by atoms with van der Waals surface area (Å²) in [6.45, 7) is 6.39. The first-order chi connectivity index (χ1) is 9.04. The van der Waals surface area contributed by atoms with Gasteiger partial charge in [0.2, 0.25) is 0 Å². The number of hydrogen-bond donors (Lipinski definition) is 1. The van der Waals surface area contributed by atoms with Crippen LogP contribution in [0.2, 0.25) is 0 Å². The van der Waals surface area contributed by atoms with Crippen molar-refractivity contribution in [1.29, 1.82) is 0 Å². The number of aromatic nitrogens is 2. The highest BCUT2D eigenvalue weighted by Crippen LogP contribution is 2.30. The van der Waals surface area contributed by atoms with Gasteiger partial charge in [-0.05, 0) is 49.3 Å². The van der Waals surface area contributed by atoms with Crippen LogP contribution in [0.1, 0.15) is 42.8 Å². The van der Waals surface area contributed by atoms with Crippen LogP contribution in [0.5, 0.6) is 0 Å². The van der Waals surface area contributed by atoms with Crippen molar-refractivity contribution in [2.75, 3.05) is 7.05 Å². The lowest BCUT2D eigenvalue weighted by atomic mass is 10.0. The van der Waals surface area contributed by atoms with Crippen LogP contribution in [-0.2, 0) is 0 Å². The van der Waals surface area contributed by atoms with Crippen LogP contribution in [-0.4, -0.2) is 16.8 Å². The number of nitrogens with zero attached hydrogens (tertiary/aromatic N) is 2. The molecule has 0 bridgehead atoms. The smallest absolute Gasteiger partial charge is 0.0757 e. The van der Waals surface area contributed by atoms with Gasteiger partial charge in [-0.25, -0.2) is 0 Å². The van der Waals surface area contributed by atoms with Gasteiger partial charge in [0.1, 0.15) is 0 Å². The molecule has 0 saturated heterocycles. The molecule has 0 radical (unpaired) electrons. The standard InChI is InChI=1S/C15H20BrN3/c1-10(2)19-15(13(16)9-18-19)14(17-4)12-7-5-11(3)6-8-12/h5-10,14,17H,1-4H3. The van der Waals surface area contributed by atoms with E-state index in [-0.39, 0.29) is 6.04 Å². The van der Waals surface area contributed by atoms with E-state index in [9.17, 15) is 0 Å². The Bertz CT molecular complexity index is 543. The van der Waals surface area contributed by atoms with E-state index in [1.54, 1.807) is 0 Å². The second kappa shape index (κ2) is 5.88. The van der Waals surface area contributed by atoms with Crippen molar-refractivity contribution in [2.45, 2.75) is 32.9 Å². The Morgan fingerprint density at radius 2 is 1.84 bits per heavy atom. The Hall–Kier alpha value is -1.13. The van der Waals surface area contributed by atoms with Gasteiger partial charge in [-0.3, -0.25) is 4.68 Å². The molecule has 1 unspecified atom stereocenters. The lowest BCUT2D eigenvalue weighted by Crippen LogP contribution is -2.22. The molecule has 0 saturated carbocycles. The predicted octanol–water partition coefficient (Wildman–Crippen LogP) is 3.84. The number of rotatable bonds is 4. The van der Waals surface area contributed by atoms with Gasteiger partial charge in [-0.2, -0.15) is 5.10 Å². The lowest BCUT2D eigenvalue weighted by molar-refractivity contribution is 0.483. The number of benzene rings is 1. The Kier molecular flexibility index (Phi) is 4.42. The summed E-state index contributed by atoms with van der Waals surface area (Å²) < 4.78 is 3.10. The number of aryl methyl sites for hydroxylation is 1. The molecule has 1 heterocycles. The molecule has 1 N–H and O–H groups in total. The minimum Gasteiger partial charge on any atom is -0.308 e. The van der Waals surface area contributed by atoms with E-state index in [1.807, 2.05) is 13.2 Å². The highest BCUT2D eigenvalue weighted by Gasteiger charge is 2.21. The van der Waals surface area contributed by atoms with Crippen LogP contribution >= 0.6 is 15.9 Å². The molecule has 0 spiro atoms. The molecule has 1 atom stereocenters. The minimum atomic E-state index is 0.139. The summed E-state index contributed by atoms with van der Waals surface area (Å²) in [5.74, 6) is 0. The molecule has 1 aromatic carbocycles. The predicted molar refractivity (Wildman–Crippen MR) is 82.4 cm³/mol. The molecule has 0 aliphatic heterocycles. The van der Waals surface area contributed by atoms with E-state index in [0.29, 0.717) is 6.04 Å². The zero-order chi connectivity index (χ0) is 14.0. The van der Waals surface area contributed by atoms with Gasteiger partial charge in [0.25, 0.3) is 0 Å². The third-order valence-electron chi connectivity index (χ3n) is 3.25. The first-order valence-corrected chi connectivity index (χ1v) is 7.30. The number of nitrogens with one attached hydrogen (secondary N) is 1. The molecule has 0 fully saturated rings. The van der Waals surface area contributed by atoms with Crippen molar-refractivity contribution < 1.29 is 0 Å². The largest absolute Gasteiger partial charge is 0.308 e. The molecule has 2 rings (SSSR count). The third kappa shape index (κ3) is 2.90. The fraction of sp³-hybridized carbons (Fsp3) is 0.400. The van der Waals surface area contributed by atoms with E-state index in [0.717, 1.165) is 4.47 Å². The second-order valence-corrected chi connectivity index (χ2v) is 5.90. The average molecular weight is 322 g/mol. The summed E-state index contributed by atoms with van der Waals surface area (Å²) in [6, 6.07) is 9.09. The molecule has 4 heteroatoms.